The molecule has 0 radical (unpaired) electrons. The molecule has 1 unspecified atom stereocenters. The zero-order valence-electron chi connectivity index (χ0n) is 19.7. The highest BCUT2D eigenvalue weighted by molar-refractivity contribution is 7.09. The second kappa shape index (κ2) is 11.6. The number of carbonyl (C=O) groups excluding carboxylic acids is 1. The predicted octanol–water partition coefficient (Wildman–Crippen LogP) is 5.19. The van der Waals surface area contributed by atoms with E-state index >= 15 is 0 Å². The lowest BCUT2D eigenvalue weighted by atomic mass is 10.1. The molecule has 0 saturated carbocycles. The molecular weight excluding hydrogens is 440 g/mol. The maximum atomic E-state index is 13.2. The molecule has 0 spiro atoms. The van der Waals surface area contributed by atoms with Gasteiger partial charge in [0.2, 0.25) is 5.75 Å². The van der Waals surface area contributed by atoms with E-state index in [0.29, 0.717) is 29.4 Å². The summed E-state index contributed by atoms with van der Waals surface area (Å²) in [6.45, 7) is 4.82. The van der Waals surface area contributed by atoms with Crippen molar-refractivity contribution >= 4 is 17.2 Å². The van der Waals surface area contributed by atoms with Gasteiger partial charge in [-0.1, -0.05) is 13.0 Å². The molecule has 0 fully saturated rings. The van der Waals surface area contributed by atoms with Crippen LogP contribution in [-0.4, -0.2) is 43.2 Å². The van der Waals surface area contributed by atoms with Crippen molar-refractivity contribution in [2.45, 2.75) is 39.5 Å². The van der Waals surface area contributed by atoms with Crippen LogP contribution < -0.4 is 18.9 Å². The van der Waals surface area contributed by atoms with Gasteiger partial charge in [0.25, 0.3) is 5.91 Å². The van der Waals surface area contributed by atoms with E-state index in [1.54, 1.807) is 45.6 Å². The first-order valence-electron chi connectivity index (χ1n) is 10.7. The monoisotopic (exact) mass is 470 g/mol. The van der Waals surface area contributed by atoms with Crippen LogP contribution in [0.5, 0.6) is 23.0 Å². The van der Waals surface area contributed by atoms with Crippen molar-refractivity contribution in [2.75, 3.05) is 21.3 Å². The summed E-state index contributed by atoms with van der Waals surface area (Å²) in [4.78, 5) is 19.8. The summed E-state index contributed by atoms with van der Waals surface area (Å²) in [5.41, 5.74) is 1.45. The van der Waals surface area contributed by atoms with E-state index in [1.165, 1.54) is 11.3 Å². The van der Waals surface area contributed by atoms with Crippen LogP contribution >= 0.6 is 11.3 Å². The van der Waals surface area contributed by atoms with Crippen molar-refractivity contribution in [2.24, 2.45) is 0 Å². The van der Waals surface area contributed by atoms with Gasteiger partial charge in [-0.3, -0.25) is 4.79 Å². The molecule has 0 aliphatic rings. The number of hydrogen-bond donors (Lipinski definition) is 0. The molecule has 0 saturated heterocycles. The number of hydrogen-bond acceptors (Lipinski definition) is 7. The van der Waals surface area contributed by atoms with Crippen molar-refractivity contribution in [3.8, 4) is 23.0 Å². The molecule has 8 heteroatoms. The second-order valence-corrected chi connectivity index (χ2v) is 8.37. The maximum absolute atomic E-state index is 13.2. The predicted molar refractivity (Wildman–Crippen MR) is 129 cm³/mol. The number of ether oxygens (including phenoxy) is 4. The number of para-hydroxylation sites is 1. The third kappa shape index (κ3) is 5.96. The Labute approximate surface area is 198 Å². The molecule has 0 aliphatic carbocycles. The fourth-order valence-electron chi connectivity index (χ4n) is 3.30. The van der Waals surface area contributed by atoms with E-state index in [2.05, 4.69) is 6.92 Å². The number of benzene rings is 2. The minimum absolute atomic E-state index is 0.0310. The molecule has 0 N–H and O–H groups in total. The molecule has 2 aromatic carbocycles. The molecule has 1 amide bonds. The van der Waals surface area contributed by atoms with E-state index in [0.717, 1.165) is 22.9 Å². The van der Waals surface area contributed by atoms with Gasteiger partial charge in [-0.05, 0) is 49.7 Å². The number of aromatic nitrogens is 1. The lowest BCUT2D eigenvalue weighted by Gasteiger charge is -2.28. The van der Waals surface area contributed by atoms with Crippen molar-refractivity contribution in [3.63, 3.8) is 0 Å². The van der Waals surface area contributed by atoms with Gasteiger partial charge < -0.3 is 23.8 Å². The quantitative estimate of drug-likeness (QED) is 0.384. The summed E-state index contributed by atoms with van der Waals surface area (Å²) in [7, 11) is 4.79. The molecule has 3 aromatic rings. The Morgan fingerprint density at radius 3 is 2.27 bits per heavy atom. The molecule has 0 aliphatic heterocycles. The maximum Gasteiger partial charge on any atom is 0.254 e. The molecule has 1 atom stereocenters. The molecular formula is C25H30N2O5S. The van der Waals surface area contributed by atoms with Gasteiger partial charge in [0.1, 0.15) is 17.4 Å². The summed E-state index contributed by atoms with van der Waals surface area (Å²) < 4.78 is 21.9. The van der Waals surface area contributed by atoms with Crippen LogP contribution in [0.3, 0.4) is 0 Å². The van der Waals surface area contributed by atoms with Crippen LogP contribution in [0.4, 0.5) is 0 Å². The SMILES string of the molecule is CCC(C)N(Cc1csc(COc2c(OC)cccc2OC)n1)C(=O)c1ccc(OC)cc1. The van der Waals surface area contributed by atoms with Crippen molar-refractivity contribution in [1.29, 1.82) is 0 Å². The van der Waals surface area contributed by atoms with Crippen LogP contribution in [0.1, 0.15) is 41.3 Å². The molecule has 33 heavy (non-hydrogen) atoms. The topological polar surface area (TPSA) is 70.1 Å². The van der Waals surface area contributed by atoms with Gasteiger partial charge in [-0.25, -0.2) is 4.98 Å². The molecule has 0 bridgehead atoms. The zero-order valence-corrected chi connectivity index (χ0v) is 20.5. The first-order valence-corrected chi connectivity index (χ1v) is 11.6. The number of thiazole rings is 1. The standard InChI is InChI=1S/C25H30N2O5S/c1-6-17(2)27(25(28)18-10-12-20(29-3)13-11-18)14-19-16-33-23(26-19)15-32-24-21(30-4)8-7-9-22(24)31-5/h7-13,16-17H,6,14-15H2,1-5H3. The Hall–Kier alpha value is -3.26. The van der Waals surface area contributed by atoms with E-state index in [9.17, 15) is 4.79 Å². The van der Waals surface area contributed by atoms with Gasteiger partial charge in [-0.15, -0.1) is 11.3 Å². The van der Waals surface area contributed by atoms with E-state index in [-0.39, 0.29) is 18.6 Å². The fraction of sp³-hybridized carbons (Fsp3) is 0.360. The minimum Gasteiger partial charge on any atom is -0.497 e. The van der Waals surface area contributed by atoms with Crippen LogP contribution in [0.2, 0.25) is 0 Å². The number of nitrogens with zero attached hydrogens (tertiary/aromatic N) is 2. The highest BCUT2D eigenvalue weighted by atomic mass is 32.1. The average Bonchev–Trinajstić information content (AvgIpc) is 3.32. The molecule has 1 aromatic heterocycles. The third-order valence-corrected chi connectivity index (χ3v) is 6.25. The Balaban J connectivity index is 1.72. The minimum atomic E-state index is -0.0310. The van der Waals surface area contributed by atoms with Gasteiger partial charge >= 0.3 is 0 Å². The fourth-order valence-corrected chi connectivity index (χ4v) is 4.00. The van der Waals surface area contributed by atoms with Crippen LogP contribution in [-0.2, 0) is 13.2 Å². The zero-order chi connectivity index (χ0) is 23.8. The smallest absolute Gasteiger partial charge is 0.254 e. The Bertz CT molecular complexity index is 1030. The summed E-state index contributed by atoms with van der Waals surface area (Å²) in [5.74, 6) is 2.42. The second-order valence-electron chi connectivity index (χ2n) is 7.43. The van der Waals surface area contributed by atoms with Crippen molar-refractivity contribution in [3.05, 3.63) is 64.1 Å². The largest absolute Gasteiger partial charge is 0.497 e. The summed E-state index contributed by atoms with van der Waals surface area (Å²) in [5, 5.41) is 2.77. The first-order chi connectivity index (χ1) is 16.0. The van der Waals surface area contributed by atoms with Crippen LogP contribution in [0, 0.1) is 0 Å². The lowest BCUT2D eigenvalue weighted by molar-refractivity contribution is 0.0669. The van der Waals surface area contributed by atoms with Gasteiger partial charge in [0.05, 0.1) is 33.6 Å². The summed E-state index contributed by atoms with van der Waals surface area (Å²) >= 11 is 1.50. The van der Waals surface area contributed by atoms with Gasteiger partial charge in [0.15, 0.2) is 11.5 Å². The van der Waals surface area contributed by atoms with E-state index < -0.39 is 0 Å². The normalized spacial score (nSPS) is 11.5. The molecule has 176 valence electrons. The van der Waals surface area contributed by atoms with Gasteiger partial charge in [0, 0.05) is 17.0 Å². The van der Waals surface area contributed by atoms with Crippen molar-refractivity contribution in [1.82, 2.24) is 9.88 Å². The Morgan fingerprint density at radius 1 is 1.03 bits per heavy atom. The number of rotatable bonds is 11. The van der Waals surface area contributed by atoms with E-state index in [1.807, 2.05) is 35.4 Å². The number of carbonyl (C=O) groups is 1. The summed E-state index contributed by atoms with van der Waals surface area (Å²) in [6.07, 6.45) is 0.843. The van der Waals surface area contributed by atoms with Crippen molar-refractivity contribution < 1.29 is 23.7 Å². The Morgan fingerprint density at radius 2 is 1.70 bits per heavy atom. The van der Waals surface area contributed by atoms with Gasteiger partial charge in [-0.2, -0.15) is 0 Å². The van der Waals surface area contributed by atoms with E-state index in [4.69, 9.17) is 23.9 Å². The first kappa shape index (κ1) is 24.4. The third-order valence-electron chi connectivity index (χ3n) is 5.37. The van der Waals surface area contributed by atoms with Crippen LogP contribution in [0.25, 0.3) is 0 Å². The van der Waals surface area contributed by atoms with Crippen LogP contribution in [0.15, 0.2) is 47.8 Å². The number of methoxy groups -OCH3 is 3. The highest BCUT2D eigenvalue weighted by Gasteiger charge is 2.22. The average molecular weight is 471 g/mol. The highest BCUT2D eigenvalue weighted by Crippen LogP contribution is 2.37. The summed E-state index contributed by atoms with van der Waals surface area (Å²) in [6, 6.07) is 12.7. The number of amides is 1. The Kier molecular flexibility index (Phi) is 8.54. The molecule has 3 rings (SSSR count). The molecule has 7 nitrogen and oxygen atoms in total. The molecule has 1 heterocycles. The lowest BCUT2D eigenvalue weighted by Crippen LogP contribution is -2.37.